The van der Waals surface area contributed by atoms with Gasteiger partial charge in [-0.1, -0.05) is 13.0 Å². The first-order valence-electron chi connectivity index (χ1n) is 14.1. The number of allylic oxidation sites excluding steroid dienone is 1. The fraction of sp³-hybridized carbons (Fsp3) is 0.258. The van der Waals surface area contributed by atoms with Crippen LogP contribution < -0.4 is 10.9 Å². The minimum atomic E-state index is -4.82. The first-order chi connectivity index (χ1) is 22.6. The van der Waals surface area contributed by atoms with Crippen molar-refractivity contribution in [2.45, 2.75) is 32.2 Å². The predicted molar refractivity (Wildman–Crippen MR) is 157 cm³/mol. The van der Waals surface area contributed by atoms with Gasteiger partial charge < -0.3 is 23.9 Å². The van der Waals surface area contributed by atoms with Gasteiger partial charge in [-0.05, 0) is 42.8 Å². The molecule has 17 heteroatoms. The van der Waals surface area contributed by atoms with E-state index in [9.17, 15) is 52.4 Å². The summed E-state index contributed by atoms with van der Waals surface area (Å²) in [5, 5.41) is 22.9. The lowest BCUT2D eigenvalue weighted by molar-refractivity contribution is -0.384. The molecule has 0 radical (unpaired) electrons. The van der Waals surface area contributed by atoms with E-state index in [1.54, 1.807) is 6.92 Å². The largest absolute Gasteiger partial charge is 0.445 e. The van der Waals surface area contributed by atoms with Gasteiger partial charge in [0.1, 0.15) is 17.9 Å². The number of esters is 2. The number of fused-ring (bicyclic) bond motifs is 2. The van der Waals surface area contributed by atoms with Gasteiger partial charge in [0.15, 0.2) is 0 Å². The van der Waals surface area contributed by atoms with E-state index >= 15 is 0 Å². The summed E-state index contributed by atoms with van der Waals surface area (Å²) < 4.78 is 54.8. The van der Waals surface area contributed by atoms with Crippen molar-refractivity contribution in [2.75, 3.05) is 11.9 Å². The third-order valence-electron chi connectivity index (χ3n) is 7.82. The summed E-state index contributed by atoms with van der Waals surface area (Å²) in [6.07, 6.45) is -4.22. The van der Waals surface area contributed by atoms with Crippen LogP contribution in [-0.4, -0.2) is 57.6 Å². The predicted octanol–water partition coefficient (Wildman–Crippen LogP) is 4.32. The highest BCUT2D eigenvalue weighted by Gasteiger charge is 2.59. The smallest absolute Gasteiger partial charge is 0.417 e. The van der Waals surface area contributed by atoms with Crippen LogP contribution in [0.4, 0.5) is 29.3 Å². The Morgan fingerprint density at radius 3 is 2.44 bits per heavy atom. The number of carbonyl (C=O) groups excluding carboxylic acids is 4. The maximum absolute atomic E-state index is 13.3. The number of hydrogen-bond donors (Lipinski definition) is 2. The number of anilines is 1. The highest BCUT2D eigenvalue weighted by Crippen LogP contribution is 2.47. The molecule has 0 aliphatic carbocycles. The number of benzene rings is 2. The van der Waals surface area contributed by atoms with E-state index in [-0.39, 0.29) is 28.2 Å². The number of nitrogens with one attached hydrogen (secondary N) is 1. The molecule has 3 aromatic rings. The van der Waals surface area contributed by atoms with Crippen molar-refractivity contribution in [3.05, 3.63) is 104 Å². The second kappa shape index (κ2) is 12.7. The van der Waals surface area contributed by atoms with Gasteiger partial charge in [0, 0.05) is 41.3 Å². The second-order valence-electron chi connectivity index (χ2n) is 10.9. The van der Waals surface area contributed by atoms with Crippen molar-refractivity contribution in [3.8, 4) is 0 Å². The molecule has 0 unspecified atom stereocenters. The number of halogens is 3. The molecule has 1 saturated heterocycles. The molecule has 250 valence electrons. The molecule has 2 N–H and O–H groups in total. The van der Waals surface area contributed by atoms with Crippen molar-refractivity contribution < 1.29 is 56.3 Å². The first kappa shape index (κ1) is 33.5. The Bertz CT molecular complexity index is 1970. The fourth-order valence-corrected chi connectivity index (χ4v) is 5.64. The average Bonchev–Trinajstić information content (AvgIpc) is 3.25. The summed E-state index contributed by atoms with van der Waals surface area (Å²) >= 11 is 0. The van der Waals surface area contributed by atoms with E-state index in [0.717, 1.165) is 47.4 Å². The normalized spacial score (nSPS) is 19.6. The van der Waals surface area contributed by atoms with E-state index in [4.69, 9.17) is 13.9 Å². The monoisotopic (exact) mass is 671 g/mol. The lowest BCUT2D eigenvalue weighted by atomic mass is 9.78. The minimum absolute atomic E-state index is 0.0409. The molecule has 3 heterocycles. The summed E-state index contributed by atoms with van der Waals surface area (Å²) in [7, 11) is 0. The molecule has 2 amide bonds. The van der Waals surface area contributed by atoms with E-state index in [0.29, 0.717) is 6.07 Å². The second-order valence-corrected chi connectivity index (χ2v) is 10.9. The lowest BCUT2D eigenvalue weighted by Gasteiger charge is -2.46. The molecule has 1 aromatic heterocycles. The number of amides is 2. The number of nitro groups is 1. The van der Waals surface area contributed by atoms with Crippen molar-refractivity contribution in [1.82, 2.24) is 4.90 Å². The lowest BCUT2D eigenvalue weighted by Crippen LogP contribution is -2.63. The molecule has 2 aliphatic heterocycles. The van der Waals surface area contributed by atoms with Crippen molar-refractivity contribution in [3.63, 3.8) is 0 Å². The van der Waals surface area contributed by atoms with E-state index in [1.165, 1.54) is 19.1 Å². The first-order valence-corrected chi connectivity index (χ1v) is 14.1. The number of non-ortho nitro benzene ring substituents is 1. The van der Waals surface area contributed by atoms with Gasteiger partial charge in [0.25, 0.3) is 5.69 Å². The Labute approximate surface area is 267 Å². The Morgan fingerprint density at radius 1 is 1.12 bits per heavy atom. The number of carbonyl (C=O) groups is 4. The number of rotatable bonds is 8. The van der Waals surface area contributed by atoms with Gasteiger partial charge in [0.2, 0.25) is 5.91 Å². The Hall–Kier alpha value is -5.84. The van der Waals surface area contributed by atoms with Crippen LogP contribution in [-0.2, 0) is 25.2 Å². The van der Waals surface area contributed by atoms with Gasteiger partial charge in [-0.15, -0.1) is 0 Å². The molecule has 2 aliphatic rings. The van der Waals surface area contributed by atoms with Gasteiger partial charge in [-0.25, -0.2) is 19.2 Å². The summed E-state index contributed by atoms with van der Waals surface area (Å²) in [6, 6.07) is 7.14. The minimum Gasteiger partial charge on any atom is -0.445 e. The van der Waals surface area contributed by atoms with Gasteiger partial charge in [-0.2, -0.15) is 13.2 Å². The van der Waals surface area contributed by atoms with E-state index < -0.39 is 87.8 Å². The summed E-state index contributed by atoms with van der Waals surface area (Å²) in [4.78, 5) is 74.1. The highest BCUT2D eigenvalue weighted by atomic mass is 19.4. The Balaban J connectivity index is 1.30. The zero-order valence-electron chi connectivity index (χ0n) is 24.8. The number of alkyl halides is 3. The molecule has 14 nitrogen and oxygen atoms in total. The average molecular weight is 672 g/mol. The topological polar surface area (TPSA) is 196 Å². The molecule has 2 aromatic carbocycles. The van der Waals surface area contributed by atoms with Gasteiger partial charge in [0.05, 0.1) is 34.1 Å². The molecule has 5 rings (SSSR count). The van der Waals surface area contributed by atoms with Gasteiger partial charge >= 0.3 is 29.8 Å². The van der Waals surface area contributed by atoms with Crippen LogP contribution in [0.1, 0.15) is 29.8 Å². The highest BCUT2D eigenvalue weighted by molar-refractivity contribution is 6.07. The Morgan fingerprint density at radius 2 is 1.81 bits per heavy atom. The quantitative estimate of drug-likeness (QED) is 0.0864. The number of nitro benzene ring substituents is 1. The van der Waals surface area contributed by atoms with Crippen molar-refractivity contribution >= 4 is 46.3 Å². The van der Waals surface area contributed by atoms with Crippen LogP contribution >= 0.6 is 0 Å². The number of aliphatic hydroxyl groups is 1. The van der Waals surface area contributed by atoms with Crippen molar-refractivity contribution in [1.29, 1.82) is 0 Å². The van der Waals surface area contributed by atoms with Crippen LogP contribution in [0.5, 0.6) is 0 Å². The third kappa shape index (κ3) is 6.39. The third-order valence-corrected chi connectivity index (χ3v) is 7.82. The van der Waals surface area contributed by atoms with Crippen molar-refractivity contribution in [2.24, 2.45) is 11.8 Å². The molecule has 1 fully saturated rings. The number of ether oxygens (including phenoxy) is 2. The molecule has 0 saturated carbocycles. The molecule has 0 spiro atoms. The fourth-order valence-electron chi connectivity index (χ4n) is 5.64. The van der Waals surface area contributed by atoms with E-state index in [1.807, 2.05) is 0 Å². The van der Waals surface area contributed by atoms with E-state index in [2.05, 4.69) is 5.32 Å². The molecule has 4 atom stereocenters. The summed E-state index contributed by atoms with van der Waals surface area (Å²) in [6.45, 7) is 2.69. The molecule has 0 bridgehead atoms. The van der Waals surface area contributed by atoms with Crippen LogP contribution in [0, 0.1) is 22.0 Å². The summed E-state index contributed by atoms with van der Waals surface area (Å²) in [5.74, 6) is -4.30. The standard InChI is InChI=1S/C31H24F3N3O11/c1-14-19(4-3-11-46-30(43)35-17-7-10-20-21(31(32,33)34)13-23(39)47-22(20)12-17)26(36-25(14)24(15(2)38)27(36)40)29(42)48-28(41)16-5-8-18(9-6-16)37(44)45/h3-10,12-15,24-25,38H,11H2,1-2H3,(H,35,43)/b4-3+/t14-,15+,24+,25+/m0/s1. The van der Waals surface area contributed by atoms with Crippen LogP contribution in [0.15, 0.2) is 81.2 Å². The van der Waals surface area contributed by atoms with Crippen LogP contribution in [0.2, 0.25) is 0 Å². The SMILES string of the molecule is C[C@@H](O)[C@H]1C(=O)N2C(C(=O)OC(=O)c3ccc([N+](=O)[O-])cc3)=C(/C=C/COC(=O)Nc3ccc4c(C(F)(F)F)cc(=O)oc4c3)[C@H](C)[C@H]12. The number of aliphatic hydroxyl groups excluding tert-OH is 1. The van der Waals surface area contributed by atoms with Crippen LogP contribution in [0.3, 0.4) is 0 Å². The Kier molecular flexibility index (Phi) is 8.90. The maximum atomic E-state index is 13.3. The molecular formula is C31H24F3N3O11. The number of β-lactam (4-membered cyclic amide) rings is 1. The molecular weight excluding hydrogens is 647 g/mol. The van der Waals surface area contributed by atoms with Crippen LogP contribution in [0.25, 0.3) is 11.0 Å². The zero-order chi connectivity index (χ0) is 35.1. The number of hydrogen-bond acceptors (Lipinski definition) is 11. The van der Waals surface area contributed by atoms with Gasteiger partial charge in [-0.3, -0.25) is 20.2 Å². The number of nitrogens with zero attached hydrogens (tertiary/aromatic N) is 2. The molecule has 48 heavy (non-hydrogen) atoms. The summed E-state index contributed by atoms with van der Waals surface area (Å²) in [5.41, 5.74) is -3.41. The zero-order valence-corrected chi connectivity index (χ0v) is 24.8. The maximum Gasteiger partial charge on any atom is 0.417 e.